The van der Waals surface area contributed by atoms with Gasteiger partial charge in [0, 0.05) is 23.8 Å². The molecule has 120 valence electrons. The minimum Gasteiger partial charge on any atom is -0.384 e. The molecule has 1 fully saturated rings. The van der Waals surface area contributed by atoms with Crippen LogP contribution in [0.15, 0.2) is 18.2 Å². The number of rotatable bonds is 4. The number of fused-ring (bicyclic) bond motifs is 1. The lowest BCUT2D eigenvalue weighted by atomic mass is 9.95. The summed E-state index contributed by atoms with van der Waals surface area (Å²) in [6, 6.07) is 6.52. The summed E-state index contributed by atoms with van der Waals surface area (Å²) in [6.45, 7) is 3.01. The molecule has 1 aliphatic carbocycles. The lowest BCUT2D eigenvalue weighted by Crippen LogP contribution is -2.41. The molecule has 2 aliphatic rings. The summed E-state index contributed by atoms with van der Waals surface area (Å²) in [5.41, 5.74) is 3.33. The molecule has 22 heavy (non-hydrogen) atoms. The van der Waals surface area contributed by atoms with Crippen LogP contribution in [0.2, 0.25) is 0 Å². The van der Waals surface area contributed by atoms with Crippen molar-refractivity contribution in [2.75, 3.05) is 11.9 Å². The zero-order valence-electron chi connectivity index (χ0n) is 13.7. The highest BCUT2D eigenvalue weighted by atomic mass is 16.1. The van der Waals surface area contributed by atoms with Crippen molar-refractivity contribution in [1.29, 1.82) is 0 Å². The monoisotopic (exact) mass is 300 g/mol. The number of anilines is 1. The molecular weight excluding hydrogens is 272 g/mol. The molecule has 0 saturated heterocycles. The molecule has 1 aromatic carbocycles. The minimum absolute atomic E-state index is 0.0863. The van der Waals surface area contributed by atoms with Gasteiger partial charge in [-0.05, 0) is 49.9 Å². The number of nitrogens with one attached hydrogen (secondary N) is 2. The third kappa shape index (κ3) is 3.70. The number of hydrogen-bond acceptors (Lipinski definition) is 3. The van der Waals surface area contributed by atoms with E-state index in [1.807, 2.05) is 13.0 Å². The molecule has 1 aliphatic heterocycles. The van der Waals surface area contributed by atoms with Gasteiger partial charge in [-0.3, -0.25) is 4.79 Å². The van der Waals surface area contributed by atoms with Crippen molar-refractivity contribution in [2.24, 2.45) is 0 Å². The summed E-state index contributed by atoms with van der Waals surface area (Å²) in [5, 5.41) is 6.93. The molecule has 1 unspecified atom stereocenters. The molecule has 0 amide bonds. The first-order valence-corrected chi connectivity index (χ1v) is 8.91. The van der Waals surface area contributed by atoms with E-state index in [4.69, 9.17) is 0 Å². The van der Waals surface area contributed by atoms with Crippen LogP contribution in [0.3, 0.4) is 0 Å². The van der Waals surface area contributed by atoms with Crippen molar-refractivity contribution in [3.63, 3.8) is 0 Å². The maximum absolute atomic E-state index is 12.7. The number of benzene rings is 1. The van der Waals surface area contributed by atoms with Crippen LogP contribution in [0, 0.1) is 0 Å². The Morgan fingerprint density at radius 1 is 1.18 bits per heavy atom. The van der Waals surface area contributed by atoms with Gasteiger partial charge in [0.25, 0.3) is 0 Å². The summed E-state index contributed by atoms with van der Waals surface area (Å²) in [7, 11) is 0. The van der Waals surface area contributed by atoms with Gasteiger partial charge in [-0.15, -0.1) is 0 Å². The summed E-state index contributed by atoms with van der Waals surface area (Å²) in [6.07, 6.45) is 10.1. The van der Waals surface area contributed by atoms with Crippen molar-refractivity contribution in [2.45, 2.75) is 70.4 Å². The highest BCUT2D eigenvalue weighted by molar-refractivity contribution is 6.00. The molecule has 3 rings (SSSR count). The van der Waals surface area contributed by atoms with Crippen molar-refractivity contribution >= 4 is 11.5 Å². The summed E-state index contributed by atoms with van der Waals surface area (Å²) in [4.78, 5) is 12.7. The Labute approximate surface area is 133 Å². The Bertz CT molecular complexity index is 518. The molecule has 0 radical (unpaired) electrons. The summed E-state index contributed by atoms with van der Waals surface area (Å²) in [5.74, 6) is 0.233. The largest absolute Gasteiger partial charge is 0.384 e. The van der Waals surface area contributed by atoms with Gasteiger partial charge in [-0.2, -0.15) is 0 Å². The molecule has 0 aromatic heterocycles. The Morgan fingerprint density at radius 3 is 2.68 bits per heavy atom. The molecule has 1 atom stereocenters. The SMILES string of the molecule is CC(NC1CCCCCCC1)C(=O)c1ccc2c(c1)CCN2. The normalized spacial score (nSPS) is 20.6. The fourth-order valence-corrected chi connectivity index (χ4v) is 3.76. The number of hydrogen-bond donors (Lipinski definition) is 2. The zero-order chi connectivity index (χ0) is 15.4. The molecule has 0 bridgehead atoms. The maximum atomic E-state index is 12.7. The minimum atomic E-state index is -0.0863. The van der Waals surface area contributed by atoms with Gasteiger partial charge in [-0.1, -0.05) is 32.1 Å². The lowest BCUT2D eigenvalue weighted by molar-refractivity contribution is 0.0941. The van der Waals surface area contributed by atoms with Crippen LogP contribution in [-0.2, 0) is 6.42 Å². The van der Waals surface area contributed by atoms with E-state index in [2.05, 4.69) is 22.8 Å². The van der Waals surface area contributed by atoms with Crippen molar-refractivity contribution in [1.82, 2.24) is 5.32 Å². The van der Waals surface area contributed by atoms with Crippen LogP contribution in [0.4, 0.5) is 5.69 Å². The van der Waals surface area contributed by atoms with E-state index < -0.39 is 0 Å². The van der Waals surface area contributed by atoms with Crippen LogP contribution < -0.4 is 10.6 Å². The predicted molar refractivity (Wildman–Crippen MR) is 91.7 cm³/mol. The van der Waals surface area contributed by atoms with Crippen LogP contribution in [0.1, 0.15) is 67.8 Å². The smallest absolute Gasteiger partial charge is 0.179 e. The Balaban J connectivity index is 1.61. The van der Waals surface area contributed by atoms with E-state index in [1.165, 1.54) is 56.2 Å². The Kier molecular flexibility index (Phi) is 5.14. The maximum Gasteiger partial charge on any atom is 0.179 e. The standard InChI is InChI=1S/C19H28N2O/c1-14(21-17-7-5-3-2-4-6-8-17)19(22)16-9-10-18-15(13-16)11-12-20-18/h9-10,13-14,17,20-21H,2-8,11-12H2,1H3. The van der Waals surface area contributed by atoms with Gasteiger partial charge >= 0.3 is 0 Å². The number of ketones is 1. The van der Waals surface area contributed by atoms with E-state index in [0.717, 1.165) is 18.5 Å². The first-order chi connectivity index (χ1) is 10.7. The van der Waals surface area contributed by atoms with E-state index in [1.54, 1.807) is 0 Å². The van der Waals surface area contributed by atoms with Crippen LogP contribution >= 0.6 is 0 Å². The average molecular weight is 300 g/mol. The fraction of sp³-hybridized carbons (Fsp3) is 0.632. The molecule has 1 aromatic rings. The second-order valence-electron chi connectivity index (χ2n) is 6.84. The van der Waals surface area contributed by atoms with Crippen LogP contribution in [-0.4, -0.2) is 24.4 Å². The van der Waals surface area contributed by atoms with Crippen molar-refractivity contribution in [3.8, 4) is 0 Å². The number of carbonyl (C=O) groups is 1. The highest BCUT2D eigenvalue weighted by Crippen LogP contribution is 2.24. The van der Waals surface area contributed by atoms with Crippen molar-refractivity contribution in [3.05, 3.63) is 29.3 Å². The molecule has 3 heteroatoms. The Morgan fingerprint density at radius 2 is 1.91 bits per heavy atom. The topological polar surface area (TPSA) is 41.1 Å². The number of carbonyl (C=O) groups excluding carboxylic acids is 1. The van der Waals surface area contributed by atoms with Gasteiger partial charge in [0.15, 0.2) is 5.78 Å². The predicted octanol–water partition coefficient (Wildman–Crippen LogP) is 3.93. The van der Waals surface area contributed by atoms with Crippen LogP contribution in [0.25, 0.3) is 0 Å². The second kappa shape index (κ2) is 7.28. The van der Waals surface area contributed by atoms with Gasteiger partial charge in [0.1, 0.15) is 0 Å². The van der Waals surface area contributed by atoms with E-state index in [-0.39, 0.29) is 11.8 Å². The first-order valence-electron chi connectivity index (χ1n) is 8.91. The second-order valence-corrected chi connectivity index (χ2v) is 6.84. The van der Waals surface area contributed by atoms with E-state index in [0.29, 0.717) is 6.04 Å². The summed E-state index contributed by atoms with van der Waals surface area (Å²) < 4.78 is 0. The molecule has 3 nitrogen and oxygen atoms in total. The fourth-order valence-electron chi connectivity index (χ4n) is 3.76. The van der Waals surface area contributed by atoms with Gasteiger partial charge in [-0.25, -0.2) is 0 Å². The molecular formula is C19H28N2O. The quantitative estimate of drug-likeness (QED) is 0.828. The molecule has 2 N–H and O–H groups in total. The molecule has 1 heterocycles. The lowest BCUT2D eigenvalue weighted by Gasteiger charge is -2.24. The molecule has 1 saturated carbocycles. The average Bonchev–Trinajstić information content (AvgIpc) is 2.96. The van der Waals surface area contributed by atoms with Gasteiger partial charge in [0.05, 0.1) is 6.04 Å². The van der Waals surface area contributed by atoms with E-state index in [9.17, 15) is 4.79 Å². The van der Waals surface area contributed by atoms with Crippen molar-refractivity contribution < 1.29 is 4.79 Å². The third-order valence-corrected chi connectivity index (χ3v) is 5.08. The zero-order valence-corrected chi connectivity index (χ0v) is 13.7. The molecule has 0 spiro atoms. The number of Topliss-reactive ketones (excluding diaryl/α,β-unsaturated/α-hetero) is 1. The van der Waals surface area contributed by atoms with Gasteiger partial charge in [0.2, 0.25) is 0 Å². The third-order valence-electron chi connectivity index (χ3n) is 5.08. The highest BCUT2D eigenvalue weighted by Gasteiger charge is 2.21. The summed E-state index contributed by atoms with van der Waals surface area (Å²) >= 11 is 0. The van der Waals surface area contributed by atoms with Gasteiger partial charge < -0.3 is 10.6 Å². The first kappa shape index (κ1) is 15.5. The van der Waals surface area contributed by atoms with Crippen LogP contribution in [0.5, 0.6) is 0 Å². The van der Waals surface area contributed by atoms with E-state index >= 15 is 0 Å². The Hall–Kier alpha value is -1.35.